The van der Waals surface area contributed by atoms with Crippen LogP contribution in [0.15, 0.2) is 42.7 Å². The van der Waals surface area contributed by atoms with Crippen LogP contribution in [0.3, 0.4) is 0 Å². The van der Waals surface area contributed by atoms with Crippen LogP contribution in [0.2, 0.25) is 0 Å². The van der Waals surface area contributed by atoms with Gasteiger partial charge in [-0.3, -0.25) is 9.59 Å². The maximum Gasteiger partial charge on any atom is 0.257 e. The zero-order valence-electron chi connectivity index (χ0n) is 17.8. The van der Waals surface area contributed by atoms with E-state index in [1.165, 1.54) is 0 Å². The van der Waals surface area contributed by atoms with Crippen molar-refractivity contribution in [2.45, 2.75) is 18.8 Å². The summed E-state index contributed by atoms with van der Waals surface area (Å²) in [6.45, 7) is 2.14. The maximum atomic E-state index is 13.3. The van der Waals surface area contributed by atoms with Gasteiger partial charge >= 0.3 is 0 Å². The van der Waals surface area contributed by atoms with Crippen molar-refractivity contribution in [3.63, 3.8) is 0 Å². The molecule has 0 unspecified atom stereocenters. The molecule has 1 aliphatic carbocycles. The van der Waals surface area contributed by atoms with Gasteiger partial charge in [-0.1, -0.05) is 12.1 Å². The lowest BCUT2D eigenvalue weighted by Gasteiger charge is -2.32. The van der Waals surface area contributed by atoms with E-state index in [1.54, 1.807) is 34.0 Å². The second kappa shape index (κ2) is 8.41. The van der Waals surface area contributed by atoms with Crippen molar-refractivity contribution in [3.05, 3.63) is 54.0 Å². The second-order valence-electron chi connectivity index (χ2n) is 8.04. The molecule has 164 valence electrons. The maximum absolute atomic E-state index is 13.3. The Bertz CT molecular complexity index is 1150. The molecule has 3 aromatic rings. The number of rotatable bonds is 6. The highest BCUT2D eigenvalue weighted by Gasteiger charge is 2.35. The monoisotopic (exact) mass is 432 g/mol. The fourth-order valence-electron chi connectivity index (χ4n) is 4.03. The lowest BCUT2D eigenvalue weighted by Crippen LogP contribution is -2.48. The summed E-state index contributed by atoms with van der Waals surface area (Å²) in [5.41, 5.74) is 3.14. The number of hydrogen-bond donors (Lipinski definition) is 0. The molecule has 0 spiro atoms. The average Bonchev–Trinajstić information content (AvgIpc) is 3.61. The first-order chi connectivity index (χ1) is 15.7. The van der Waals surface area contributed by atoms with Gasteiger partial charge in [0, 0.05) is 43.9 Å². The standard InChI is InChI=1S/C23H24N6O3/c1-32-18-4-2-3-17(13-18)20-7-8-24-23(26-20)29-21(16-5-6-16)19(14-25-29)22(31)28-11-9-27(15-30)10-12-28/h2-4,7-8,13-16H,5-6,9-12H2,1H3. The molecule has 5 rings (SSSR count). The molecular formula is C23H24N6O3. The summed E-state index contributed by atoms with van der Waals surface area (Å²) < 4.78 is 7.03. The Kier molecular flexibility index (Phi) is 5.30. The predicted octanol–water partition coefficient (Wildman–Crippen LogP) is 2.13. The van der Waals surface area contributed by atoms with Gasteiger partial charge < -0.3 is 14.5 Å². The minimum atomic E-state index is -0.0485. The molecule has 2 aromatic heterocycles. The van der Waals surface area contributed by atoms with E-state index < -0.39 is 0 Å². The van der Waals surface area contributed by atoms with Gasteiger partial charge in [-0.25, -0.2) is 14.6 Å². The summed E-state index contributed by atoms with van der Waals surface area (Å²) in [7, 11) is 1.63. The van der Waals surface area contributed by atoms with E-state index in [2.05, 4.69) is 10.1 Å². The number of methoxy groups -OCH3 is 1. The SMILES string of the molecule is COc1cccc(-c2ccnc(-n3ncc(C(=O)N4CCN(C=O)CC4)c3C3CC3)n2)c1. The third-order valence-corrected chi connectivity index (χ3v) is 5.95. The molecular weight excluding hydrogens is 408 g/mol. The first kappa shape index (κ1) is 20.2. The minimum Gasteiger partial charge on any atom is -0.497 e. The fraction of sp³-hybridized carbons (Fsp3) is 0.348. The molecule has 1 saturated heterocycles. The number of aromatic nitrogens is 4. The van der Waals surface area contributed by atoms with E-state index in [0.717, 1.165) is 42.0 Å². The van der Waals surface area contributed by atoms with E-state index in [4.69, 9.17) is 9.72 Å². The number of carbonyl (C=O) groups is 2. The van der Waals surface area contributed by atoms with Gasteiger partial charge in [-0.15, -0.1) is 0 Å². The number of ether oxygens (including phenoxy) is 1. The van der Waals surface area contributed by atoms with E-state index in [1.807, 2.05) is 30.3 Å². The predicted molar refractivity (Wildman–Crippen MR) is 117 cm³/mol. The largest absolute Gasteiger partial charge is 0.497 e. The van der Waals surface area contributed by atoms with Gasteiger partial charge in [-0.2, -0.15) is 5.10 Å². The van der Waals surface area contributed by atoms with Crippen LogP contribution in [-0.2, 0) is 4.79 Å². The van der Waals surface area contributed by atoms with Gasteiger partial charge in [0.2, 0.25) is 6.41 Å². The number of piperazine rings is 1. The van der Waals surface area contributed by atoms with Crippen molar-refractivity contribution in [3.8, 4) is 23.0 Å². The van der Waals surface area contributed by atoms with E-state index in [-0.39, 0.29) is 11.8 Å². The summed E-state index contributed by atoms with van der Waals surface area (Å²) in [5, 5.41) is 4.52. The van der Waals surface area contributed by atoms with Crippen LogP contribution in [0.5, 0.6) is 5.75 Å². The van der Waals surface area contributed by atoms with Crippen LogP contribution in [0.1, 0.15) is 34.8 Å². The first-order valence-electron chi connectivity index (χ1n) is 10.7. The van der Waals surface area contributed by atoms with Crippen LogP contribution in [0.4, 0.5) is 0 Å². The van der Waals surface area contributed by atoms with Gasteiger partial charge in [0.05, 0.1) is 30.3 Å². The van der Waals surface area contributed by atoms with Crippen molar-refractivity contribution >= 4 is 12.3 Å². The van der Waals surface area contributed by atoms with Gasteiger partial charge in [0.15, 0.2) is 0 Å². The van der Waals surface area contributed by atoms with Gasteiger partial charge in [-0.05, 0) is 31.0 Å². The highest BCUT2D eigenvalue weighted by molar-refractivity contribution is 5.95. The Balaban J connectivity index is 1.47. The number of nitrogens with zero attached hydrogens (tertiary/aromatic N) is 6. The Labute approximate surface area is 185 Å². The Morgan fingerprint density at radius 3 is 2.69 bits per heavy atom. The van der Waals surface area contributed by atoms with Gasteiger partial charge in [0.25, 0.3) is 11.9 Å². The van der Waals surface area contributed by atoms with E-state index >= 15 is 0 Å². The average molecular weight is 432 g/mol. The zero-order chi connectivity index (χ0) is 22.1. The van der Waals surface area contributed by atoms with Crippen LogP contribution in [-0.4, -0.2) is 75.2 Å². The molecule has 9 heteroatoms. The summed E-state index contributed by atoms with van der Waals surface area (Å²) in [6, 6.07) is 9.53. The van der Waals surface area contributed by atoms with Crippen molar-refractivity contribution in [2.75, 3.05) is 33.3 Å². The Hall–Kier alpha value is -3.75. The van der Waals surface area contributed by atoms with Gasteiger partial charge in [0.1, 0.15) is 5.75 Å². The summed E-state index contributed by atoms with van der Waals surface area (Å²) in [5.74, 6) is 1.42. The fourth-order valence-corrected chi connectivity index (χ4v) is 4.03. The molecule has 3 heterocycles. The normalized spacial score (nSPS) is 16.2. The molecule has 2 aliphatic rings. The molecule has 0 N–H and O–H groups in total. The molecule has 0 radical (unpaired) electrons. The highest BCUT2D eigenvalue weighted by Crippen LogP contribution is 2.42. The molecule has 32 heavy (non-hydrogen) atoms. The minimum absolute atomic E-state index is 0.0485. The molecule has 9 nitrogen and oxygen atoms in total. The van der Waals surface area contributed by atoms with Crippen LogP contribution in [0, 0.1) is 0 Å². The summed E-state index contributed by atoms with van der Waals surface area (Å²) >= 11 is 0. The first-order valence-corrected chi connectivity index (χ1v) is 10.7. The topological polar surface area (TPSA) is 93.5 Å². The smallest absolute Gasteiger partial charge is 0.257 e. The Morgan fingerprint density at radius 2 is 1.97 bits per heavy atom. The molecule has 2 amide bonds. The van der Waals surface area contributed by atoms with Crippen LogP contribution in [0.25, 0.3) is 17.2 Å². The van der Waals surface area contributed by atoms with Crippen molar-refractivity contribution in [1.82, 2.24) is 29.5 Å². The highest BCUT2D eigenvalue weighted by atomic mass is 16.5. The third-order valence-electron chi connectivity index (χ3n) is 5.95. The number of benzene rings is 1. The third kappa shape index (κ3) is 3.81. The quantitative estimate of drug-likeness (QED) is 0.554. The second-order valence-corrected chi connectivity index (χ2v) is 8.04. The molecule has 0 atom stereocenters. The summed E-state index contributed by atoms with van der Waals surface area (Å²) in [6.07, 6.45) is 6.20. The van der Waals surface area contributed by atoms with E-state index in [9.17, 15) is 9.59 Å². The number of carbonyl (C=O) groups excluding carboxylic acids is 2. The Morgan fingerprint density at radius 1 is 1.16 bits per heavy atom. The van der Waals surface area contributed by atoms with E-state index in [0.29, 0.717) is 37.7 Å². The van der Waals surface area contributed by atoms with Crippen LogP contribution < -0.4 is 4.74 Å². The number of hydrogen-bond acceptors (Lipinski definition) is 6. The molecule has 0 bridgehead atoms. The lowest BCUT2D eigenvalue weighted by molar-refractivity contribution is -0.119. The molecule has 2 fully saturated rings. The molecule has 1 aromatic carbocycles. The van der Waals surface area contributed by atoms with Crippen molar-refractivity contribution in [2.24, 2.45) is 0 Å². The molecule has 1 aliphatic heterocycles. The number of amides is 2. The van der Waals surface area contributed by atoms with Crippen molar-refractivity contribution < 1.29 is 14.3 Å². The van der Waals surface area contributed by atoms with Crippen molar-refractivity contribution in [1.29, 1.82) is 0 Å². The molecule has 1 saturated carbocycles. The summed E-state index contributed by atoms with van der Waals surface area (Å²) in [4.78, 5) is 36.9. The zero-order valence-corrected chi connectivity index (χ0v) is 17.8. The van der Waals surface area contributed by atoms with Crippen LogP contribution >= 0.6 is 0 Å². The lowest BCUT2D eigenvalue weighted by atomic mass is 10.1.